The van der Waals surface area contributed by atoms with E-state index in [4.69, 9.17) is 52.1 Å². The normalized spacial score (nSPS) is 45.1. The molecular formula is C56H85Na3O32S3. The minimum absolute atomic E-state index is 0. The maximum atomic E-state index is 14.7. The zero-order chi connectivity index (χ0) is 67.3. The molecule has 5 saturated heterocycles. The Morgan fingerprint density at radius 1 is 0.670 bits per heavy atom. The van der Waals surface area contributed by atoms with Gasteiger partial charge in [0.05, 0.1) is 43.4 Å². The van der Waals surface area contributed by atoms with Gasteiger partial charge in [-0.3, -0.25) is 22.1 Å². The fraction of sp³-hybridized carbons (Fsp3) is 0.893. The molecule has 4 aliphatic carbocycles. The summed E-state index contributed by atoms with van der Waals surface area (Å²) in [7, 11) is -15.4. The molecule has 94 heavy (non-hydrogen) atoms. The van der Waals surface area contributed by atoms with Crippen LogP contribution < -0.4 is 88.7 Å². The minimum atomic E-state index is -5.51. The molecule has 0 radical (unpaired) electrons. The number of rotatable bonds is 21. The van der Waals surface area contributed by atoms with Gasteiger partial charge in [-0.2, -0.15) is 0 Å². The fourth-order valence-electron chi connectivity index (χ4n) is 16.8. The zero-order valence-electron chi connectivity index (χ0n) is 54.9. The van der Waals surface area contributed by atoms with Crippen LogP contribution in [-0.2, 0) is 105 Å². The van der Waals surface area contributed by atoms with Gasteiger partial charge in [0.2, 0.25) is 31.2 Å². The van der Waals surface area contributed by atoms with Crippen molar-refractivity contribution in [1.29, 1.82) is 0 Å². The number of aliphatic hydroxyl groups excluding tert-OH is 7. The van der Waals surface area contributed by atoms with Crippen molar-refractivity contribution in [3.05, 3.63) is 23.3 Å². The van der Waals surface area contributed by atoms with Crippen LogP contribution >= 0.6 is 0 Å². The van der Waals surface area contributed by atoms with Crippen LogP contribution in [0.5, 0.6) is 0 Å². The van der Waals surface area contributed by atoms with E-state index in [0.717, 1.165) is 18.3 Å². The van der Waals surface area contributed by atoms with E-state index in [0.29, 0.717) is 51.4 Å². The first-order valence-electron chi connectivity index (χ1n) is 30.2. The quantitative estimate of drug-likeness (QED) is 0.0184. The molecule has 9 aliphatic rings. The molecule has 0 aromatic rings. The average Bonchev–Trinajstić information content (AvgIpc) is 1.47. The van der Waals surface area contributed by atoms with Crippen LogP contribution in [0.3, 0.4) is 0 Å². The molecule has 522 valence electrons. The average molecular weight is 1440 g/mol. The number of esters is 2. The Kier molecular flexibility index (Phi) is 27.8. The number of fused-ring (bicyclic) bond motifs is 4. The number of aliphatic hydroxyl groups is 7. The summed E-state index contributed by atoms with van der Waals surface area (Å²) in [5.41, 5.74) is -1.46. The van der Waals surface area contributed by atoms with Gasteiger partial charge < -0.3 is 102 Å². The van der Waals surface area contributed by atoms with Crippen LogP contribution in [0.25, 0.3) is 0 Å². The Bertz CT molecular complexity index is 3070. The number of allylic oxidation sites excluding steroid dienone is 4. The Hall–Kier alpha value is 0.390. The maximum absolute atomic E-state index is 14.7. The number of hydrogen-bond acceptors (Lipinski definition) is 32. The Morgan fingerprint density at radius 3 is 1.78 bits per heavy atom. The fourth-order valence-corrected chi connectivity index (χ4v) is 17.9. The molecule has 0 aromatic heterocycles. The van der Waals surface area contributed by atoms with Crippen molar-refractivity contribution in [2.24, 2.45) is 39.4 Å². The van der Waals surface area contributed by atoms with Crippen LogP contribution in [-0.4, -0.2) is 248 Å². The van der Waals surface area contributed by atoms with Crippen LogP contribution in [0.15, 0.2) is 23.3 Å². The van der Waals surface area contributed by atoms with Gasteiger partial charge in [-0.1, -0.05) is 51.0 Å². The number of carbonyl (C=O) groups excluding carboxylic acids is 2. The summed E-state index contributed by atoms with van der Waals surface area (Å²) in [4.78, 5) is 27.5. The predicted octanol–water partition coefficient (Wildman–Crippen LogP) is -10.4. The third-order valence-corrected chi connectivity index (χ3v) is 22.3. The molecule has 1 spiro atoms. The summed E-state index contributed by atoms with van der Waals surface area (Å²) in [5.74, 6) is -1.25. The summed E-state index contributed by atoms with van der Waals surface area (Å²) in [5, 5.41) is 80.2. The molecule has 38 heteroatoms. The first-order chi connectivity index (χ1) is 42.1. The van der Waals surface area contributed by atoms with E-state index in [2.05, 4.69) is 38.5 Å². The van der Waals surface area contributed by atoms with Gasteiger partial charge in [0.15, 0.2) is 25.2 Å². The second-order valence-corrected chi connectivity index (χ2v) is 30.2. The van der Waals surface area contributed by atoms with Crippen LogP contribution in [0, 0.1) is 39.4 Å². The molecule has 9 rings (SSSR count). The second kappa shape index (κ2) is 31.4. The number of methoxy groups -OCH3 is 1. The van der Waals surface area contributed by atoms with E-state index in [1.807, 2.05) is 34.6 Å². The van der Waals surface area contributed by atoms with Gasteiger partial charge in [0, 0.05) is 19.4 Å². The smallest absolute Gasteiger partial charge is 0.726 e. The van der Waals surface area contributed by atoms with Gasteiger partial charge in [0.1, 0.15) is 97.2 Å². The molecule has 0 unspecified atom stereocenters. The van der Waals surface area contributed by atoms with E-state index in [9.17, 15) is 84.2 Å². The van der Waals surface area contributed by atoms with Gasteiger partial charge in [-0.15, -0.1) is 0 Å². The molecule has 28 atom stereocenters. The van der Waals surface area contributed by atoms with Crippen LogP contribution in [0.1, 0.15) is 114 Å². The monoisotopic (exact) mass is 1430 g/mol. The van der Waals surface area contributed by atoms with Crippen molar-refractivity contribution < 1.29 is 238 Å². The molecule has 0 amide bonds. The summed E-state index contributed by atoms with van der Waals surface area (Å²) >= 11 is 0. The molecule has 8 fully saturated rings. The Balaban J connectivity index is 0.00000467. The van der Waals surface area contributed by atoms with Crippen LogP contribution in [0.4, 0.5) is 0 Å². The largest absolute Gasteiger partial charge is 1.00 e. The molecule has 7 N–H and O–H groups in total. The van der Waals surface area contributed by atoms with Gasteiger partial charge in [0.25, 0.3) is 0 Å². The zero-order valence-corrected chi connectivity index (χ0v) is 63.3. The summed E-state index contributed by atoms with van der Waals surface area (Å²) < 4.78 is 183. The first kappa shape index (κ1) is 83.3. The number of carbonyl (C=O) groups is 2. The molecule has 3 saturated carbocycles. The van der Waals surface area contributed by atoms with E-state index in [1.165, 1.54) is 13.8 Å². The van der Waals surface area contributed by atoms with Gasteiger partial charge in [-0.25, -0.2) is 25.3 Å². The summed E-state index contributed by atoms with van der Waals surface area (Å²) in [6.45, 7) is 13.8. The standard InChI is InChI=1S/C56H88O32S3.3Na/c1-24(2)12-11-17-55(9)46-29(80-26(4)57)20-54(8)28-13-14-33-52(5,6)34(16-18-53(33,7)27(28)15-19-56(46,54)51(65)87-55)83-50-45(37(60)32(21-76-50)88-91(72,73)74)86-47-39(62)38(61)42(25(3)79-47)84-49-41(64)44(36(59)31(82-49)23-78-90(69,70)71)85-48-40(63)43(75-10)35(58)30(81-48)22-77-89(66,67)68;;;/h12-13,25,27,29-50,58-64H,11,14-23H2,1-10H3,(H,66,67,68)(H,69,70,71)(H,72,73,74);;;/q;3*+1/p-3/t25-,27+,29+,30-,31-,32-,33+,34+,35-,36-,37+,38-,39-,40-,41-,42-,43+,44+,45-,46-,47+,48+,49+,50+,53-,54+,55+,56-;;;/m1.../s1. The van der Waals surface area contributed by atoms with Crippen LogP contribution in [0.2, 0.25) is 0 Å². The molecule has 0 bridgehead atoms. The van der Waals surface area contributed by atoms with Crippen molar-refractivity contribution in [1.82, 2.24) is 0 Å². The van der Waals surface area contributed by atoms with Crippen molar-refractivity contribution >= 4 is 43.1 Å². The van der Waals surface area contributed by atoms with E-state index >= 15 is 0 Å². The SMILES string of the molecule is CO[C@@H]1[C@@H](O)[C@H](O[C@@H]2[C@@H](O)[C@H](O[C@H]3[C@H](O)[C@@H](O)[C@H](O[C@H]4[C@H](O[C@H]5CC[C@]6(C)[C@H]7CC[C@]89C(=O)O[C@@](C)(CCC=C(C)C)[C@H]8[C@@H](OC(C)=O)C[C@@]9(C)C7=CC[C@H]6C5(C)C)OC[C@@H](OS(=O)(=O)[O-])[C@@H]4O)O[C@@H]3C)O[C@H](COS(=O)(=O)[O-])[C@H]2O)O[C@H](COS(=O)(=O)[O-])[C@H]1O.[Na+].[Na+].[Na+]. The molecule has 0 aromatic carbocycles. The topological polar surface area (TPSA) is 477 Å². The second-order valence-electron chi connectivity index (χ2n) is 27.0. The number of cyclic esters (lactones) is 1. The first-order valence-corrected chi connectivity index (χ1v) is 34.2. The number of hydrogen-bond donors (Lipinski definition) is 7. The number of ether oxygens (including phenoxy) is 11. The molecular weight excluding hydrogens is 1350 g/mol. The van der Waals surface area contributed by atoms with Gasteiger partial charge in [-0.05, 0) is 102 Å². The van der Waals surface area contributed by atoms with E-state index in [-0.39, 0.29) is 106 Å². The molecule has 5 heterocycles. The molecule has 5 aliphatic heterocycles. The van der Waals surface area contributed by atoms with Crippen molar-refractivity contribution in [2.75, 3.05) is 26.9 Å². The van der Waals surface area contributed by atoms with Crippen molar-refractivity contribution in [2.45, 2.75) is 248 Å². The minimum Gasteiger partial charge on any atom is -0.726 e. The Morgan fingerprint density at radius 2 is 1.22 bits per heavy atom. The third-order valence-electron chi connectivity index (χ3n) is 20.9. The van der Waals surface area contributed by atoms with Crippen molar-refractivity contribution in [3.8, 4) is 0 Å². The summed E-state index contributed by atoms with van der Waals surface area (Å²) in [6.07, 6.45) is -30.1. The third kappa shape index (κ3) is 16.6. The summed E-state index contributed by atoms with van der Waals surface area (Å²) in [6, 6.07) is 0. The van der Waals surface area contributed by atoms with Gasteiger partial charge >= 0.3 is 101 Å². The molecule has 32 nitrogen and oxygen atoms in total. The Labute approximate surface area is 613 Å². The van der Waals surface area contributed by atoms with Crippen molar-refractivity contribution in [3.63, 3.8) is 0 Å². The predicted molar refractivity (Wildman–Crippen MR) is 297 cm³/mol. The van der Waals surface area contributed by atoms with E-state index in [1.54, 1.807) is 0 Å². The van der Waals surface area contributed by atoms with E-state index < -0.39 is 219 Å². The maximum Gasteiger partial charge on any atom is 1.00 e.